The van der Waals surface area contributed by atoms with Gasteiger partial charge in [0.25, 0.3) is 0 Å². The summed E-state index contributed by atoms with van der Waals surface area (Å²) in [5, 5.41) is 0. The lowest BCUT2D eigenvalue weighted by atomic mass is 9.87. The maximum Gasteiger partial charge on any atom is 0.0594 e. The Kier molecular flexibility index (Phi) is 5.58. The molecule has 1 aliphatic heterocycles. The number of hydrogen-bond donors (Lipinski definition) is 1. The van der Waals surface area contributed by atoms with Gasteiger partial charge in [0.1, 0.15) is 0 Å². The van der Waals surface area contributed by atoms with Crippen molar-refractivity contribution in [2.24, 2.45) is 11.1 Å². The molecule has 0 unspecified atom stereocenters. The van der Waals surface area contributed by atoms with Crippen LogP contribution < -0.4 is 5.73 Å². The van der Waals surface area contributed by atoms with Gasteiger partial charge in [0.05, 0.1) is 13.2 Å². The van der Waals surface area contributed by atoms with Gasteiger partial charge in [-0.25, -0.2) is 0 Å². The number of morpholine rings is 1. The van der Waals surface area contributed by atoms with Gasteiger partial charge in [-0.1, -0.05) is 20.3 Å². The zero-order chi connectivity index (χ0) is 11.1. The lowest BCUT2D eigenvalue weighted by Crippen LogP contribution is -2.36. The fraction of sp³-hybridized carbons (Fsp3) is 1.00. The largest absolute Gasteiger partial charge is 0.379 e. The molecule has 1 saturated heterocycles. The van der Waals surface area contributed by atoms with Crippen LogP contribution in [0.2, 0.25) is 0 Å². The summed E-state index contributed by atoms with van der Waals surface area (Å²) in [5.41, 5.74) is 6.03. The molecule has 1 heterocycles. The molecule has 0 aromatic carbocycles. The minimum atomic E-state index is 0.324. The van der Waals surface area contributed by atoms with E-state index >= 15 is 0 Å². The average molecular weight is 214 g/mol. The van der Waals surface area contributed by atoms with Crippen molar-refractivity contribution in [1.29, 1.82) is 0 Å². The second kappa shape index (κ2) is 6.46. The third kappa shape index (κ3) is 5.50. The predicted molar refractivity (Wildman–Crippen MR) is 63.9 cm³/mol. The Morgan fingerprint density at radius 2 is 1.87 bits per heavy atom. The van der Waals surface area contributed by atoms with Crippen molar-refractivity contribution in [3.8, 4) is 0 Å². The predicted octanol–water partition coefficient (Wildman–Crippen LogP) is 1.47. The maximum atomic E-state index is 5.70. The fourth-order valence-corrected chi connectivity index (χ4v) is 1.87. The number of ether oxygens (including phenoxy) is 1. The third-order valence-corrected chi connectivity index (χ3v) is 3.23. The average Bonchev–Trinajstić information content (AvgIpc) is 2.26. The maximum absolute atomic E-state index is 5.70. The summed E-state index contributed by atoms with van der Waals surface area (Å²) in [6.45, 7) is 10.6. The first kappa shape index (κ1) is 12.9. The molecule has 0 bridgehead atoms. The molecule has 0 spiro atoms. The Balaban J connectivity index is 2.00. The summed E-state index contributed by atoms with van der Waals surface area (Å²) >= 11 is 0. The van der Waals surface area contributed by atoms with E-state index in [1.54, 1.807) is 0 Å². The van der Waals surface area contributed by atoms with Crippen LogP contribution in [0.5, 0.6) is 0 Å². The van der Waals surface area contributed by atoms with E-state index in [9.17, 15) is 0 Å². The molecule has 0 aliphatic carbocycles. The van der Waals surface area contributed by atoms with Crippen molar-refractivity contribution in [3.63, 3.8) is 0 Å². The first-order chi connectivity index (χ1) is 7.14. The molecule has 15 heavy (non-hydrogen) atoms. The van der Waals surface area contributed by atoms with Crippen molar-refractivity contribution in [2.45, 2.75) is 33.1 Å². The van der Waals surface area contributed by atoms with Crippen LogP contribution in [0.4, 0.5) is 0 Å². The molecule has 1 rings (SSSR count). The van der Waals surface area contributed by atoms with E-state index in [0.29, 0.717) is 5.41 Å². The molecule has 0 radical (unpaired) electrons. The molecule has 0 saturated carbocycles. The van der Waals surface area contributed by atoms with E-state index in [1.165, 1.54) is 25.8 Å². The first-order valence-electron chi connectivity index (χ1n) is 6.14. The summed E-state index contributed by atoms with van der Waals surface area (Å²) in [6.07, 6.45) is 3.83. The van der Waals surface area contributed by atoms with Crippen molar-refractivity contribution in [1.82, 2.24) is 4.90 Å². The van der Waals surface area contributed by atoms with Gasteiger partial charge in [0.2, 0.25) is 0 Å². The summed E-state index contributed by atoms with van der Waals surface area (Å²) in [6, 6.07) is 0. The van der Waals surface area contributed by atoms with Crippen LogP contribution in [-0.2, 0) is 4.74 Å². The van der Waals surface area contributed by atoms with Gasteiger partial charge in [-0.2, -0.15) is 0 Å². The van der Waals surface area contributed by atoms with Crippen molar-refractivity contribution >= 4 is 0 Å². The Morgan fingerprint density at radius 3 is 2.47 bits per heavy atom. The lowest BCUT2D eigenvalue weighted by molar-refractivity contribution is 0.0368. The molecule has 0 amide bonds. The molecule has 2 N–H and O–H groups in total. The fourth-order valence-electron chi connectivity index (χ4n) is 1.87. The van der Waals surface area contributed by atoms with Crippen molar-refractivity contribution in [3.05, 3.63) is 0 Å². The zero-order valence-corrected chi connectivity index (χ0v) is 10.3. The third-order valence-electron chi connectivity index (χ3n) is 3.23. The van der Waals surface area contributed by atoms with Crippen molar-refractivity contribution in [2.75, 3.05) is 39.4 Å². The summed E-state index contributed by atoms with van der Waals surface area (Å²) < 4.78 is 5.32. The Labute approximate surface area is 94.0 Å². The van der Waals surface area contributed by atoms with Gasteiger partial charge in [0, 0.05) is 13.1 Å². The highest BCUT2D eigenvalue weighted by atomic mass is 16.5. The van der Waals surface area contributed by atoms with Gasteiger partial charge in [-0.3, -0.25) is 4.90 Å². The van der Waals surface area contributed by atoms with E-state index in [2.05, 4.69) is 18.7 Å². The van der Waals surface area contributed by atoms with Crippen LogP contribution in [0.15, 0.2) is 0 Å². The van der Waals surface area contributed by atoms with Crippen LogP contribution in [0.3, 0.4) is 0 Å². The quantitative estimate of drug-likeness (QED) is 0.681. The van der Waals surface area contributed by atoms with Crippen molar-refractivity contribution < 1.29 is 4.74 Å². The standard InChI is InChI=1S/C12H26N2O/c1-12(2,11-13)5-3-4-6-14-7-9-15-10-8-14/h3-11,13H2,1-2H3. The van der Waals surface area contributed by atoms with Crippen LogP contribution in [0, 0.1) is 5.41 Å². The molecular weight excluding hydrogens is 188 g/mol. The highest BCUT2D eigenvalue weighted by molar-refractivity contribution is 4.70. The van der Waals surface area contributed by atoms with Gasteiger partial charge in [-0.15, -0.1) is 0 Å². The van der Waals surface area contributed by atoms with E-state index in [4.69, 9.17) is 10.5 Å². The van der Waals surface area contributed by atoms with Crippen LogP contribution >= 0.6 is 0 Å². The summed E-state index contributed by atoms with van der Waals surface area (Å²) in [4.78, 5) is 2.50. The highest BCUT2D eigenvalue weighted by Crippen LogP contribution is 2.21. The Hall–Kier alpha value is -0.120. The van der Waals surface area contributed by atoms with Crippen LogP contribution in [-0.4, -0.2) is 44.3 Å². The number of nitrogens with zero attached hydrogens (tertiary/aromatic N) is 1. The molecule has 90 valence electrons. The SMILES string of the molecule is CC(C)(CN)CCCCN1CCOCC1. The van der Waals surface area contributed by atoms with E-state index in [-0.39, 0.29) is 0 Å². The van der Waals surface area contributed by atoms with Gasteiger partial charge >= 0.3 is 0 Å². The van der Waals surface area contributed by atoms with Crippen LogP contribution in [0.25, 0.3) is 0 Å². The highest BCUT2D eigenvalue weighted by Gasteiger charge is 2.15. The molecule has 3 nitrogen and oxygen atoms in total. The lowest BCUT2D eigenvalue weighted by Gasteiger charge is -2.27. The smallest absolute Gasteiger partial charge is 0.0594 e. The monoisotopic (exact) mass is 214 g/mol. The Bertz CT molecular complexity index is 165. The number of unbranched alkanes of at least 4 members (excludes halogenated alkanes) is 1. The topological polar surface area (TPSA) is 38.5 Å². The number of rotatable bonds is 6. The molecule has 1 aliphatic rings. The van der Waals surface area contributed by atoms with E-state index in [0.717, 1.165) is 32.8 Å². The van der Waals surface area contributed by atoms with Gasteiger partial charge in [-0.05, 0) is 31.3 Å². The number of hydrogen-bond acceptors (Lipinski definition) is 3. The molecule has 0 atom stereocenters. The summed E-state index contributed by atoms with van der Waals surface area (Å²) in [5.74, 6) is 0. The normalized spacial score (nSPS) is 19.4. The zero-order valence-electron chi connectivity index (χ0n) is 10.3. The minimum absolute atomic E-state index is 0.324. The molecule has 0 aromatic heterocycles. The molecular formula is C12H26N2O. The first-order valence-corrected chi connectivity index (χ1v) is 6.14. The van der Waals surface area contributed by atoms with Gasteiger partial charge < -0.3 is 10.5 Å². The Morgan fingerprint density at radius 1 is 1.20 bits per heavy atom. The summed E-state index contributed by atoms with van der Waals surface area (Å²) in [7, 11) is 0. The van der Waals surface area contributed by atoms with E-state index in [1.807, 2.05) is 0 Å². The number of nitrogens with two attached hydrogens (primary N) is 1. The van der Waals surface area contributed by atoms with Crippen LogP contribution in [0.1, 0.15) is 33.1 Å². The molecule has 3 heteroatoms. The second-order valence-electron chi connectivity index (χ2n) is 5.28. The molecule has 0 aromatic rings. The second-order valence-corrected chi connectivity index (χ2v) is 5.28. The minimum Gasteiger partial charge on any atom is -0.379 e. The molecule has 1 fully saturated rings. The van der Waals surface area contributed by atoms with E-state index < -0.39 is 0 Å². The van der Waals surface area contributed by atoms with Gasteiger partial charge in [0.15, 0.2) is 0 Å².